The molecular formula is C10H12O2S. The zero-order valence-electron chi connectivity index (χ0n) is 7.58. The predicted octanol–water partition coefficient (Wildman–Crippen LogP) is 2.48. The summed E-state index contributed by atoms with van der Waals surface area (Å²) in [6.45, 7) is 2.65. The summed E-state index contributed by atoms with van der Waals surface area (Å²) < 4.78 is 5.56. The van der Waals surface area contributed by atoms with Gasteiger partial charge in [0.15, 0.2) is 0 Å². The van der Waals surface area contributed by atoms with Crippen molar-refractivity contribution in [1.29, 1.82) is 0 Å². The number of Topliss-reactive ketones (excluding diaryl/α,β-unsaturated/α-hetero) is 1. The second-order valence-electron chi connectivity index (χ2n) is 3.36. The predicted molar refractivity (Wildman–Crippen MR) is 52.0 cm³/mol. The first-order valence-corrected chi connectivity index (χ1v) is 5.37. The smallest absolute Gasteiger partial charge is 0.138 e. The SMILES string of the molecule is Cc1cscc1C1CC(=O)CCO1. The van der Waals surface area contributed by atoms with E-state index in [1.807, 2.05) is 0 Å². The van der Waals surface area contributed by atoms with E-state index in [2.05, 4.69) is 17.7 Å². The van der Waals surface area contributed by atoms with Gasteiger partial charge in [-0.2, -0.15) is 11.3 Å². The standard InChI is InChI=1S/C10H12O2S/c1-7-5-13-6-9(7)10-4-8(11)2-3-12-10/h5-6,10H,2-4H2,1H3. The summed E-state index contributed by atoms with van der Waals surface area (Å²) in [6, 6.07) is 0. The number of aryl methyl sites for hydroxylation is 1. The molecule has 1 aromatic heterocycles. The fourth-order valence-electron chi connectivity index (χ4n) is 1.58. The molecule has 0 spiro atoms. The van der Waals surface area contributed by atoms with Gasteiger partial charge in [0.1, 0.15) is 5.78 Å². The summed E-state index contributed by atoms with van der Waals surface area (Å²) in [7, 11) is 0. The van der Waals surface area contributed by atoms with Crippen LogP contribution in [0.15, 0.2) is 10.8 Å². The van der Waals surface area contributed by atoms with Crippen molar-refractivity contribution < 1.29 is 9.53 Å². The molecule has 0 aliphatic carbocycles. The van der Waals surface area contributed by atoms with Crippen LogP contribution in [0.2, 0.25) is 0 Å². The Morgan fingerprint density at radius 1 is 1.54 bits per heavy atom. The number of ether oxygens (including phenoxy) is 1. The fraction of sp³-hybridized carbons (Fsp3) is 0.500. The molecule has 3 heteroatoms. The molecule has 1 saturated heterocycles. The number of carbonyl (C=O) groups excluding carboxylic acids is 1. The minimum Gasteiger partial charge on any atom is -0.373 e. The topological polar surface area (TPSA) is 26.3 Å². The maximum Gasteiger partial charge on any atom is 0.138 e. The summed E-state index contributed by atoms with van der Waals surface area (Å²) in [6.07, 6.45) is 1.16. The van der Waals surface area contributed by atoms with Crippen molar-refractivity contribution >= 4 is 17.1 Å². The third-order valence-corrected chi connectivity index (χ3v) is 3.23. The Balaban J connectivity index is 2.17. The van der Waals surface area contributed by atoms with Gasteiger partial charge in [-0.25, -0.2) is 0 Å². The molecule has 0 radical (unpaired) electrons. The molecule has 13 heavy (non-hydrogen) atoms. The summed E-state index contributed by atoms with van der Waals surface area (Å²) >= 11 is 1.67. The van der Waals surface area contributed by atoms with E-state index in [1.165, 1.54) is 11.1 Å². The highest BCUT2D eigenvalue weighted by Crippen LogP contribution is 2.30. The highest BCUT2D eigenvalue weighted by Gasteiger charge is 2.23. The first kappa shape index (κ1) is 8.91. The Hall–Kier alpha value is -0.670. The molecule has 1 aliphatic heterocycles. The van der Waals surface area contributed by atoms with Crippen LogP contribution in [0.4, 0.5) is 0 Å². The zero-order valence-corrected chi connectivity index (χ0v) is 8.39. The maximum atomic E-state index is 11.2. The highest BCUT2D eigenvalue weighted by molar-refractivity contribution is 7.08. The van der Waals surface area contributed by atoms with E-state index >= 15 is 0 Å². The molecule has 1 aromatic rings. The van der Waals surface area contributed by atoms with Crippen LogP contribution in [0.5, 0.6) is 0 Å². The van der Waals surface area contributed by atoms with Crippen molar-refractivity contribution in [3.05, 3.63) is 21.9 Å². The van der Waals surface area contributed by atoms with Gasteiger partial charge in [-0.3, -0.25) is 4.79 Å². The molecule has 0 bridgehead atoms. The maximum absolute atomic E-state index is 11.2. The second kappa shape index (κ2) is 3.60. The summed E-state index contributed by atoms with van der Waals surface area (Å²) in [4.78, 5) is 11.2. The summed E-state index contributed by atoms with van der Waals surface area (Å²) in [5, 5.41) is 4.18. The molecule has 2 rings (SSSR count). The molecular weight excluding hydrogens is 184 g/mol. The number of rotatable bonds is 1. The van der Waals surface area contributed by atoms with Gasteiger partial charge in [-0.05, 0) is 28.8 Å². The lowest BCUT2D eigenvalue weighted by Crippen LogP contribution is -2.19. The zero-order chi connectivity index (χ0) is 9.26. The van der Waals surface area contributed by atoms with Crippen LogP contribution < -0.4 is 0 Å². The van der Waals surface area contributed by atoms with Crippen LogP contribution in [-0.2, 0) is 9.53 Å². The molecule has 70 valence electrons. The van der Waals surface area contributed by atoms with Crippen molar-refractivity contribution in [2.45, 2.75) is 25.9 Å². The minimum absolute atomic E-state index is 0.0208. The van der Waals surface area contributed by atoms with Crippen LogP contribution in [0.25, 0.3) is 0 Å². The average Bonchev–Trinajstić information content (AvgIpc) is 2.51. The van der Waals surface area contributed by atoms with Crippen molar-refractivity contribution in [1.82, 2.24) is 0 Å². The number of hydrogen-bond acceptors (Lipinski definition) is 3. The molecule has 1 atom stereocenters. The molecule has 0 amide bonds. The highest BCUT2D eigenvalue weighted by atomic mass is 32.1. The van der Waals surface area contributed by atoms with Crippen LogP contribution in [0.1, 0.15) is 30.1 Å². The molecule has 0 saturated carbocycles. The van der Waals surface area contributed by atoms with Crippen molar-refractivity contribution in [2.24, 2.45) is 0 Å². The van der Waals surface area contributed by atoms with Gasteiger partial charge >= 0.3 is 0 Å². The number of hydrogen-bond donors (Lipinski definition) is 0. The Kier molecular flexibility index (Phi) is 2.47. The molecule has 0 N–H and O–H groups in total. The molecule has 0 aromatic carbocycles. The average molecular weight is 196 g/mol. The Bertz CT molecular complexity index is 316. The van der Waals surface area contributed by atoms with Gasteiger partial charge in [-0.1, -0.05) is 0 Å². The van der Waals surface area contributed by atoms with Crippen molar-refractivity contribution in [3.63, 3.8) is 0 Å². The lowest BCUT2D eigenvalue weighted by Gasteiger charge is -2.21. The van der Waals surface area contributed by atoms with E-state index in [4.69, 9.17) is 4.74 Å². The normalized spacial score (nSPS) is 23.5. The molecule has 2 heterocycles. The number of thiophene rings is 1. The van der Waals surface area contributed by atoms with E-state index in [0.717, 1.165) is 0 Å². The molecule has 1 unspecified atom stereocenters. The van der Waals surface area contributed by atoms with Gasteiger partial charge in [-0.15, -0.1) is 0 Å². The second-order valence-corrected chi connectivity index (χ2v) is 4.11. The van der Waals surface area contributed by atoms with Crippen LogP contribution in [0.3, 0.4) is 0 Å². The van der Waals surface area contributed by atoms with E-state index < -0.39 is 0 Å². The monoisotopic (exact) mass is 196 g/mol. The molecule has 2 nitrogen and oxygen atoms in total. The number of carbonyl (C=O) groups is 1. The Labute approximate surface area is 81.5 Å². The minimum atomic E-state index is 0.0208. The van der Waals surface area contributed by atoms with Crippen molar-refractivity contribution in [3.8, 4) is 0 Å². The lowest BCUT2D eigenvalue weighted by molar-refractivity contribution is -0.128. The van der Waals surface area contributed by atoms with Crippen LogP contribution in [0, 0.1) is 6.92 Å². The van der Waals surface area contributed by atoms with Crippen LogP contribution in [-0.4, -0.2) is 12.4 Å². The first-order chi connectivity index (χ1) is 6.27. The van der Waals surface area contributed by atoms with Gasteiger partial charge < -0.3 is 4.74 Å². The Morgan fingerprint density at radius 2 is 2.38 bits per heavy atom. The van der Waals surface area contributed by atoms with E-state index in [-0.39, 0.29) is 6.10 Å². The van der Waals surface area contributed by atoms with Gasteiger partial charge in [0.25, 0.3) is 0 Å². The summed E-state index contributed by atoms with van der Waals surface area (Å²) in [5.74, 6) is 0.321. The van der Waals surface area contributed by atoms with Crippen molar-refractivity contribution in [2.75, 3.05) is 6.61 Å². The third-order valence-electron chi connectivity index (χ3n) is 2.36. The van der Waals surface area contributed by atoms with Gasteiger partial charge in [0, 0.05) is 12.8 Å². The molecule has 1 aliphatic rings. The summed E-state index contributed by atoms with van der Waals surface area (Å²) in [5.41, 5.74) is 2.43. The van der Waals surface area contributed by atoms with E-state index in [1.54, 1.807) is 11.3 Å². The van der Waals surface area contributed by atoms with Crippen LogP contribution >= 0.6 is 11.3 Å². The van der Waals surface area contributed by atoms with E-state index in [0.29, 0.717) is 25.2 Å². The van der Waals surface area contributed by atoms with Gasteiger partial charge in [0.2, 0.25) is 0 Å². The Morgan fingerprint density at radius 3 is 3.00 bits per heavy atom. The quantitative estimate of drug-likeness (QED) is 0.689. The largest absolute Gasteiger partial charge is 0.373 e. The fourth-order valence-corrected chi connectivity index (χ4v) is 2.48. The van der Waals surface area contributed by atoms with Gasteiger partial charge in [0.05, 0.1) is 12.7 Å². The lowest BCUT2D eigenvalue weighted by atomic mass is 10.0. The van der Waals surface area contributed by atoms with E-state index in [9.17, 15) is 4.79 Å². The number of ketones is 1. The third kappa shape index (κ3) is 1.81. The first-order valence-electron chi connectivity index (χ1n) is 4.43. The molecule has 1 fully saturated rings.